The molecule has 0 bridgehead atoms. The normalized spacial score (nSPS) is 10.7. The minimum Gasteiger partial charge on any atom is -0.495 e. The third-order valence-electron chi connectivity index (χ3n) is 4.36. The van der Waals surface area contributed by atoms with Crippen LogP contribution in [0.25, 0.3) is 22.3 Å². The highest BCUT2D eigenvalue weighted by molar-refractivity contribution is 5.92. The predicted molar refractivity (Wildman–Crippen MR) is 108 cm³/mol. The number of nitro benzene ring substituents is 1. The van der Waals surface area contributed by atoms with Crippen LogP contribution in [0.3, 0.4) is 0 Å². The van der Waals surface area contributed by atoms with Gasteiger partial charge in [0.15, 0.2) is 5.82 Å². The molecule has 3 aromatic carbocycles. The molecule has 7 nitrogen and oxygen atoms in total. The summed E-state index contributed by atoms with van der Waals surface area (Å²) in [6, 6.07) is 17.7. The lowest BCUT2D eigenvalue weighted by molar-refractivity contribution is -0.384. The van der Waals surface area contributed by atoms with Gasteiger partial charge < -0.3 is 10.1 Å². The minimum absolute atomic E-state index is 0.0963. The van der Waals surface area contributed by atoms with E-state index in [1.165, 1.54) is 31.4 Å². The molecule has 0 radical (unpaired) electrons. The molecule has 0 aliphatic heterocycles. The zero-order valence-electron chi connectivity index (χ0n) is 15.3. The van der Waals surface area contributed by atoms with Crippen LogP contribution in [-0.4, -0.2) is 22.0 Å². The standard InChI is InChI=1S/C21H15FN4O3/c1-29-19-11-10-13(26(27)28)12-18(19)24-21-15-7-3-5-9-17(15)23-20(25-21)14-6-2-4-8-16(14)22/h2-12H,1H3,(H,23,24,25). The van der Waals surface area contributed by atoms with Gasteiger partial charge in [0.2, 0.25) is 0 Å². The van der Waals surface area contributed by atoms with Crippen molar-refractivity contribution >= 4 is 28.1 Å². The first kappa shape index (κ1) is 18.3. The topological polar surface area (TPSA) is 90.2 Å². The summed E-state index contributed by atoms with van der Waals surface area (Å²) in [5, 5.41) is 14.9. The van der Waals surface area contributed by atoms with Gasteiger partial charge in [-0.15, -0.1) is 0 Å². The number of nitro groups is 1. The molecule has 0 unspecified atom stereocenters. The van der Waals surface area contributed by atoms with Gasteiger partial charge in [-0.1, -0.05) is 24.3 Å². The predicted octanol–water partition coefficient (Wildman–Crippen LogP) is 5.10. The van der Waals surface area contributed by atoms with Crippen molar-refractivity contribution in [1.82, 2.24) is 9.97 Å². The summed E-state index contributed by atoms with van der Waals surface area (Å²) in [6.45, 7) is 0. The Labute approximate surface area is 165 Å². The van der Waals surface area contributed by atoms with Gasteiger partial charge in [-0.2, -0.15) is 0 Å². The van der Waals surface area contributed by atoms with Crippen LogP contribution in [0.2, 0.25) is 0 Å². The highest BCUT2D eigenvalue weighted by Gasteiger charge is 2.16. The average Bonchev–Trinajstić information content (AvgIpc) is 2.74. The first-order chi connectivity index (χ1) is 14.1. The second kappa shape index (κ2) is 7.51. The maximum absolute atomic E-state index is 14.3. The van der Waals surface area contributed by atoms with Crippen LogP contribution in [-0.2, 0) is 0 Å². The van der Waals surface area contributed by atoms with Crippen molar-refractivity contribution in [2.75, 3.05) is 12.4 Å². The van der Waals surface area contributed by atoms with Gasteiger partial charge >= 0.3 is 0 Å². The number of hydrogen-bond acceptors (Lipinski definition) is 6. The molecule has 29 heavy (non-hydrogen) atoms. The summed E-state index contributed by atoms with van der Waals surface area (Å²) in [5.41, 5.74) is 1.13. The number of halogens is 1. The lowest BCUT2D eigenvalue weighted by Gasteiger charge is -2.13. The number of benzene rings is 3. The van der Waals surface area contributed by atoms with Gasteiger partial charge in [0, 0.05) is 17.5 Å². The molecule has 144 valence electrons. The first-order valence-electron chi connectivity index (χ1n) is 8.68. The Balaban J connectivity index is 1.89. The van der Waals surface area contributed by atoms with Gasteiger partial charge in [0.1, 0.15) is 17.4 Å². The Morgan fingerprint density at radius 2 is 1.79 bits per heavy atom. The number of nitrogens with zero attached hydrogens (tertiary/aromatic N) is 3. The molecule has 1 N–H and O–H groups in total. The maximum Gasteiger partial charge on any atom is 0.271 e. The van der Waals surface area contributed by atoms with Crippen LogP contribution in [0.5, 0.6) is 5.75 Å². The summed E-state index contributed by atoms with van der Waals surface area (Å²) >= 11 is 0. The van der Waals surface area contributed by atoms with Crippen molar-refractivity contribution in [3.05, 3.63) is 82.7 Å². The number of rotatable bonds is 5. The largest absolute Gasteiger partial charge is 0.495 e. The van der Waals surface area contributed by atoms with E-state index in [1.54, 1.807) is 24.3 Å². The second-order valence-corrected chi connectivity index (χ2v) is 6.16. The third kappa shape index (κ3) is 3.55. The quantitative estimate of drug-likeness (QED) is 0.377. The fourth-order valence-electron chi connectivity index (χ4n) is 2.97. The number of aromatic nitrogens is 2. The molecule has 1 heterocycles. The lowest BCUT2D eigenvalue weighted by atomic mass is 10.1. The minimum atomic E-state index is -0.493. The van der Waals surface area contributed by atoms with Gasteiger partial charge in [0.05, 0.1) is 28.8 Å². The highest BCUT2D eigenvalue weighted by atomic mass is 19.1. The summed E-state index contributed by atoms with van der Waals surface area (Å²) < 4.78 is 19.6. The van der Waals surface area contributed by atoms with E-state index in [2.05, 4.69) is 15.3 Å². The second-order valence-electron chi connectivity index (χ2n) is 6.16. The fraction of sp³-hybridized carbons (Fsp3) is 0.0476. The number of fused-ring (bicyclic) bond motifs is 1. The number of para-hydroxylation sites is 1. The van der Waals surface area contributed by atoms with E-state index in [0.717, 1.165) is 0 Å². The van der Waals surface area contributed by atoms with Crippen LogP contribution in [0.4, 0.5) is 21.6 Å². The van der Waals surface area contributed by atoms with Crippen molar-refractivity contribution in [2.24, 2.45) is 0 Å². The molecular weight excluding hydrogens is 375 g/mol. The van der Waals surface area contributed by atoms with Crippen LogP contribution in [0.15, 0.2) is 66.7 Å². The molecule has 0 saturated carbocycles. The van der Waals surface area contributed by atoms with E-state index in [-0.39, 0.29) is 17.1 Å². The van der Waals surface area contributed by atoms with E-state index in [1.807, 2.05) is 18.2 Å². The van der Waals surface area contributed by atoms with Crippen molar-refractivity contribution < 1.29 is 14.1 Å². The fourth-order valence-corrected chi connectivity index (χ4v) is 2.97. The smallest absolute Gasteiger partial charge is 0.271 e. The van der Waals surface area contributed by atoms with Crippen molar-refractivity contribution in [1.29, 1.82) is 0 Å². The molecule has 0 saturated heterocycles. The van der Waals surface area contributed by atoms with E-state index in [4.69, 9.17) is 4.74 Å². The van der Waals surface area contributed by atoms with E-state index in [9.17, 15) is 14.5 Å². The Hall–Kier alpha value is -4.07. The molecule has 0 amide bonds. The van der Waals surface area contributed by atoms with Crippen LogP contribution in [0, 0.1) is 15.9 Å². The molecule has 4 aromatic rings. The summed E-state index contributed by atoms with van der Waals surface area (Å²) in [6.07, 6.45) is 0. The van der Waals surface area contributed by atoms with E-state index < -0.39 is 10.7 Å². The highest BCUT2D eigenvalue weighted by Crippen LogP contribution is 2.34. The van der Waals surface area contributed by atoms with Crippen LogP contribution < -0.4 is 10.1 Å². The number of nitrogens with one attached hydrogen (secondary N) is 1. The Morgan fingerprint density at radius 3 is 2.55 bits per heavy atom. The lowest BCUT2D eigenvalue weighted by Crippen LogP contribution is -2.02. The molecule has 1 aromatic heterocycles. The number of ether oxygens (including phenoxy) is 1. The van der Waals surface area contributed by atoms with Crippen LogP contribution in [0.1, 0.15) is 0 Å². The van der Waals surface area contributed by atoms with Crippen molar-refractivity contribution in [3.8, 4) is 17.1 Å². The number of anilines is 2. The maximum atomic E-state index is 14.3. The summed E-state index contributed by atoms with van der Waals surface area (Å²) in [5.74, 6) is 0.550. The van der Waals surface area contributed by atoms with Gasteiger partial charge in [-0.25, -0.2) is 14.4 Å². The van der Waals surface area contributed by atoms with Crippen molar-refractivity contribution in [3.63, 3.8) is 0 Å². The Kier molecular flexibility index (Phi) is 4.74. The molecular formula is C21H15FN4O3. The molecule has 0 atom stereocenters. The Bertz CT molecular complexity index is 1230. The molecule has 0 spiro atoms. The number of hydrogen-bond donors (Lipinski definition) is 1. The molecule has 8 heteroatoms. The zero-order chi connectivity index (χ0) is 20.4. The summed E-state index contributed by atoms with van der Waals surface area (Å²) in [4.78, 5) is 19.6. The third-order valence-corrected chi connectivity index (χ3v) is 4.36. The Morgan fingerprint density at radius 1 is 1.03 bits per heavy atom. The SMILES string of the molecule is COc1ccc([N+](=O)[O-])cc1Nc1nc(-c2ccccc2F)nc2ccccc12. The van der Waals surface area contributed by atoms with E-state index in [0.29, 0.717) is 28.2 Å². The monoisotopic (exact) mass is 390 g/mol. The molecule has 0 fully saturated rings. The van der Waals surface area contributed by atoms with Crippen LogP contribution >= 0.6 is 0 Å². The summed E-state index contributed by atoms with van der Waals surface area (Å²) in [7, 11) is 1.47. The van der Waals surface area contributed by atoms with Gasteiger partial charge in [0.25, 0.3) is 5.69 Å². The molecule has 0 aliphatic carbocycles. The van der Waals surface area contributed by atoms with Gasteiger partial charge in [-0.05, 0) is 30.3 Å². The molecule has 4 rings (SSSR count). The number of methoxy groups -OCH3 is 1. The average molecular weight is 390 g/mol. The van der Waals surface area contributed by atoms with E-state index >= 15 is 0 Å². The van der Waals surface area contributed by atoms with Crippen molar-refractivity contribution in [2.45, 2.75) is 0 Å². The van der Waals surface area contributed by atoms with Gasteiger partial charge in [-0.3, -0.25) is 10.1 Å². The zero-order valence-corrected chi connectivity index (χ0v) is 15.3. The molecule has 0 aliphatic rings. The number of non-ortho nitro benzene ring substituents is 1. The first-order valence-corrected chi connectivity index (χ1v) is 8.68.